The van der Waals surface area contributed by atoms with Crippen LogP contribution in [0, 0.1) is 11.3 Å². The molecule has 30 heavy (non-hydrogen) atoms. The summed E-state index contributed by atoms with van der Waals surface area (Å²) in [6, 6.07) is 21.0. The molecule has 1 atom stereocenters. The minimum Gasteiger partial charge on any atom is -0.497 e. The summed E-state index contributed by atoms with van der Waals surface area (Å²) in [6.45, 7) is 0.416. The number of ether oxygens (including phenoxy) is 3. The van der Waals surface area contributed by atoms with Crippen LogP contribution in [0.5, 0.6) is 17.2 Å². The van der Waals surface area contributed by atoms with Crippen molar-refractivity contribution in [2.75, 3.05) is 20.8 Å². The van der Waals surface area contributed by atoms with E-state index in [0.29, 0.717) is 17.1 Å². The van der Waals surface area contributed by atoms with Crippen LogP contribution < -0.4 is 14.2 Å². The molecule has 0 radical (unpaired) electrons. The number of nitrogens with zero attached hydrogens (tertiary/aromatic N) is 2. The number of aliphatic hydroxyl groups excluding tert-OH is 1. The lowest BCUT2D eigenvalue weighted by Gasteiger charge is -2.15. The maximum atomic E-state index is 10.7. The summed E-state index contributed by atoms with van der Waals surface area (Å²) in [5, 5.41) is 22.2. The lowest BCUT2D eigenvalue weighted by atomic mass is 10.1. The highest BCUT2D eigenvalue weighted by atomic mass is 16.5. The van der Waals surface area contributed by atoms with Crippen LogP contribution >= 0.6 is 0 Å². The van der Waals surface area contributed by atoms with Crippen molar-refractivity contribution in [2.24, 2.45) is 0 Å². The van der Waals surface area contributed by atoms with Crippen molar-refractivity contribution in [2.45, 2.75) is 12.6 Å². The van der Waals surface area contributed by atoms with Gasteiger partial charge >= 0.3 is 0 Å². The minimum atomic E-state index is -0.764. The average molecular weight is 402 g/mol. The van der Waals surface area contributed by atoms with Crippen LogP contribution in [0.25, 0.3) is 21.8 Å². The lowest BCUT2D eigenvalue weighted by Crippen LogP contribution is -2.23. The first-order valence-corrected chi connectivity index (χ1v) is 9.58. The first kappa shape index (κ1) is 19.6. The zero-order valence-corrected chi connectivity index (χ0v) is 16.8. The summed E-state index contributed by atoms with van der Waals surface area (Å²) < 4.78 is 18.4. The third kappa shape index (κ3) is 3.63. The molecule has 6 nitrogen and oxygen atoms in total. The van der Waals surface area contributed by atoms with Gasteiger partial charge in [0.1, 0.15) is 36.0 Å². The van der Waals surface area contributed by atoms with Gasteiger partial charge in [0.05, 0.1) is 31.8 Å². The first-order valence-electron chi connectivity index (χ1n) is 9.58. The molecule has 3 aromatic carbocycles. The van der Waals surface area contributed by atoms with Crippen LogP contribution in [0.4, 0.5) is 0 Å². The van der Waals surface area contributed by atoms with Crippen LogP contribution in [0.15, 0.2) is 60.7 Å². The van der Waals surface area contributed by atoms with Crippen LogP contribution in [0.1, 0.15) is 5.56 Å². The second kappa shape index (κ2) is 8.36. The minimum absolute atomic E-state index is 0.138. The first-order chi connectivity index (χ1) is 14.6. The van der Waals surface area contributed by atoms with Gasteiger partial charge in [-0.25, -0.2) is 0 Å². The Balaban J connectivity index is 1.78. The second-order valence-corrected chi connectivity index (χ2v) is 6.95. The molecular formula is C24H22N2O4. The molecule has 0 aliphatic rings. The third-order valence-corrected chi connectivity index (χ3v) is 5.07. The van der Waals surface area contributed by atoms with Gasteiger partial charge in [0.25, 0.3) is 0 Å². The predicted octanol–water partition coefficient (Wildman–Crippen LogP) is 4.12. The van der Waals surface area contributed by atoms with Gasteiger partial charge in [0, 0.05) is 22.4 Å². The van der Waals surface area contributed by atoms with E-state index in [1.807, 2.05) is 59.2 Å². The molecule has 1 unspecified atom stereocenters. The molecule has 1 N–H and O–H groups in total. The van der Waals surface area contributed by atoms with Gasteiger partial charge < -0.3 is 23.9 Å². The molecule has 4 rings (SSSR count). The molecule has 0 bridgehead atoms. The van der Waals surface area contributed by atoms with E-state index in [1.165, 1.54) is 0 Å². The fourth-order valence-corrected chi connectivity index (χ4v) is 3.68. The molecule has 0 saturated carbocycles. The maximum absolute atomic E-state index is 10.7. The number of hydrogen-bond donors (Lipinski definition) is 1. The van der Waals surface area contributed by atoms with Gasteiger partial charge in [-0.1, -0.05) is 18.2 Å². The Labute approximate surface area is 174 Å². The number of aromatic nitrogens is 1. The zero-order chi connectivity index (χ0) is 21.1. The van der Waals surface area contributed by atoms with E-state index >= 15 is 0 Å². The van der Waals surface area contributed by atoms with Gasteiger partial charge in [-0.2, -0.15) is 5.26 Å². The number of para-hydroxylation sites is 1. The van der Waals surface area contributed by atoms with Crippen molar-refractivity contribution in [3.8, 4) is 23.3 Å². The van der Waals surface area contributed by atoms with E-state index in [4.69, 9.17) is 14.2 Å². The van der Waals surface area contributed by atoms with Crippen molar-refractivity contribution in [3.05, 3.63) is 66.2 Å². The highest BCUT2D eigenvalue weighted by molar-refractivity contribution is 6.10. The van der Waals surface area contributed by atoms with Crippen molar-refractivity contribution in [1.29, 1.82) is 5.26 Å². The van der Waals surface area contributed by atoms with Gasteiger partial charge in [0.15, 0.2) is 0 Å². The van der Waals surface area contributed by atoms with Crippen LogP contribution in [-0.4, -0.2) is 36.6 Å². The second-order valence-electron chi connectivity index (χ2n) is 6.95. The molecule has 0 spiro atoms. The Morgan fingerprint density at radius 3 is 2.37 bits per heavy atom. The molecule has 1 aromatic heterocycles. The average Bonchev–Trinajstić information content (AvgIpc) is 3.10. The zero-order valence-electron chi connectivity index (χ0n) is 16.8. The molecule has 0 amide bonds. The summed E-state index contributed by atoms with van der Waals surface area (Å²) in [5.74, 6) is 2.02. The number of aliphatic hydroxyl groups is 1. The Kier molecular flexibility index (Phi) is 5.46. The van der Waals surface area contributed by atoms with E-state index < -0.39 is 6.10 Å². The number of fused-ring (bicyclic) bond motifs is 3. The SMILES string of the molecule is COc1ccc2c(c1)c1cc(OC)cc(C#N)c1n2CC(O)COc1ccccc1. The Morgan fingerprint density at radius 1 is 0.933 bits per heavy atom. The quantitative estimate of drug-likeness (QED) is 0.503. The summed E-state index contributed by atoms with van der Waals surface area (Å²) >= 11 is 0. The van der Waals surface area contributed by atoms with Crippen molar-refractivity contribution >= 4 is 21.8 Å². The molecule has 0 fully saturated rings. The number of nitriles is 1. The standard InChI is InChI=1S/C24H22N2O4/c1-28-19-8-9-23-21(11-19)22-12-20(29-2)10-16(13-25)24(22)26(23)14-17(27)15-30-18-6-4-3-5-7-18/h3-12,17,27H,14-15H2,1-2H3. The van der Waals surface area contributed by atoms with Crippen LogP contribution in [-0.2, 0) is 6.54 Å². The summed E-state index contributed by atoms with van der Waals surface area (Å²) in [4.78, 5) is 0. The monoisotopic (exact) mass is 402 g/mol. The fourth-order valence-electron chi connectivity index (χ4n) is 3.68. The normalized spacial score (nSPS) is 11.9. The van der Waals surface area contributed by atoms with Crippen molar-refractivity contribution < 1.29 is 19.3 Å². The van der Waals surface area contributed by atoms with Gasteiger partial charge in [-0.05, 0) is 36.4 Å². The predicted molar refractivity (Wildman–Crippen MR) is 115 cm³/mol. The maximum Gasteiger partial charge on any atom is 0.120 e. The molecule has 4 aromatic rings. The van der Waals surface area contributed by atoms with E-state index in [1.54, 1.807) is 20.3 Å². The molecule has 0 saturated heterocycles. The van der Waals surface area contributed by atoms with Gasteiger partial charge in [-0.15, -0.1) is 0 Å². The van der Waals surface area contributed by atoms with Crippen molar-refractivity contribution in [1.82, 2.24) is 4.57 Å². The van der Waals surface area contributed by atoms with Crippen LogP contribution in [0.2, 0.25) is 0 Å². The molecular weight excluding hydrogens is 380 g/mol. The largest absolute Gasteiger partial charge is 0.497 e. The topological polar surface area (TPSA) is 76.6 Å². The summed E-state index contributed by atoms with van der Waals surface area (Å²) in [5.41, 5.74) is 2.13. The number of benzene rings is 3. The van der Waals surface area contributed by atoms with E-state index in [0.717, 1.165) is 27.6 Å². The van der Waals surface area contributed by atoms with Crippen molar-refractivity contribution in [3.63, 3.8) is 0 Å². The van der Waals surface area contributed by atoms with Crippen LogP contribution in [0.3, 0.4) is 0 Å². The number of methoxy groups -OCH3 is 2. The van der Waals surface area contributed by atoms with E-state index in [-0.39, 0.29) is 13.2 Å². The van der Waals surface area contributed by atoms with Gasteiger partial charge in [0.2, 0.25) is 0 Å². The Hall–Kier alpha value is -3.69. The van der Waals surface area contributed by atoms with E-state index in [2.05, 4.69) is 6.07 Å². The highest BCUT2D eigenvalue weighted by Gasteiger charge is 2.19. The molecule has 0 aliphatic carbocycles. The molecule has 1 heterocycles. The lowest BCUT2D eigenvalue weighted by molar-refractivity contribution is 0.0945. The molecule has 152 valence electrons. The Bertz CT molecular complexity index is 1230. The third-order valence-electron chi connectivity index (χ3n) is 5.07. The summed E-state index contributed by atoms with van der Waals surface area (Å²) in [6.07, 6.45) is -0.764. The smallest absolute Gasteiger partial charge is 0.120 e. The fraction of sp³-hybridized carbons (Fsp3) is 0.208. The number of hydrogen-bond acceptors (Lipinski definition) is 5. The Morgan fingerprint density at radius 2 is 1.67 bits per heavy atom. The van der Waals surface area contributed by atoms with Gasteiger partial charge in [-0.3, -0.25) is 0 Å². The highest BCUT2D eigenvalue weighted by Crippen LogP contribution is 2.36. The van der Waals surface area contributed by atoms with E-state index in [9.17, 15) is 10.4 Å². The molecule has 6 heteroatoms. The summed E-state index contributed by atoms with van der Waals surface area (Å²) in [7, 11) is 3.19. The molecule has 0 aliphatic heterocycles. The number of rotatable bonds is 7.